The van der Waals surface area contributed by atoms with Gasteiger partial charge in [-0.25, -0.2) is 4.79 Å². The smallest absolute Gasteiger partial charge is 0.339 e. The van der Waals surface area contributed by atoms with E-state index in [0.717, 1.165) is 20.9 Å². The first kappa shape index (κ1) is 14.8. The summed E-state index contributed by atoms with van der Waals surface area (Å²) in [6, 6.07) is 12.0. The van der Waals surface area contributed by atoms with E-state index in [2.05, 4.69) is 23.5 Å². The third-order valence-electron chi connectivity index (χ3n) is 3.85. The molecule has 1 aliphatic heterocycles. The van der Waals surface area contributed by atoms with Gasteiger partial charge in [-0.15, -0.1) is 11.3 Å². The van der Waals surface area contributed by atoms with Crippen LogP contribution < -0.4 is 5.32 Å². The van der Waals surface area contributed by atoms with Crippen molar-refractivity contribution in [3.8, 4) is 16.5 Å². The van der Waals surface area contributed by atoms with Gasteiger partial charge in [0.05, 0.1) is 17.7 Å². The summed E-state index contributed by atoms with van der Waals surface area (Å²) in [5.74, 6) is -0.244. The fourth-order valence-corrected chi connectivity index (χ4v) is 3.63. The Balaban J connectivity index is 1.87. The molecule has 2 atom stereocenters. The number of rotatable bonds is 4. The minimum absolute atomic E-state index is 0.169. The van der Waals surface area contributed by atoms with Crippen molar-refractivity contribution < 1.29 is 9.53 Å². The highest BCUT2D eigenvalue weighted by Crippen LogP contribution is 2.36. The first-order valence-corrected chi connectivity index (χ1v) is 7.95. The van der Waals surface area contributed by atoms with E-state index in [4.69, 9.17) is 10.00 Å². The topological polar surface area (TPSA) is 62.1 Å². The number of carbonyl (C=O) groups excluding carboxylic acids is 1. The largest absolute Gasteiger partial charge is 0.454 e. The molecule has 0 amide bonds. The Morgan fingerprint density at radius 2 is 2.23 bits per heavy atom. The highest BCUT2D eigenvalue weighted by Gasteiger charge is 2.27. The summed E-state index contributed by atoms with van der Waals surface area (Å²) in [7, 11) is 1.79. The van der Waals surface area contributed by atoms with Gasteiger partial charge < -0.3 is 10.1 Å². The summed E-state index contributed by atoms with van der Waals surface area (Å²) in [6.07, 6.45) is 0.509. The van der Waals surface area contributed by atoms with Crippen molar-refractivity contribution in [3.05, 3.63) is 46.3 Å². The second-order valence-corrected chi connectivity index (χ2v) is 6.46. The number of fused-ring (bicyclic) bond motifs is 1. The zero-order valence-corrected chi connectivity index (χ0v) is 13.2. The minimum atomic E-state index is -0.244. The average molecular weight is 312 g/mol. The number of esters is 1. The Morgan fingerprint density at radius 3 is 2.95 bits per heavy atom. The Bertz CT molecular complexity index is 760. The predicted molar refractivity (Wildman–Crippen MR) is 85.8 cm³/mol. The molecule has 2 heterocycles. The van der Waals surface area contributed by atoms with Crippen LogP contribution in [0, 0.1) is 11.3 Å². The molecule has 1 aromatic carbocycles. The number of hydrogen-bond acceptors (Lipinski definition) is 5. The van der Waals surface area contributed by atoms with Crippen LogP contribution in [0.2, 0.25) is 0 Å². The highest BCUT2D eigenvalue weighted by atomic mass is 32.1. The molecule has 3 rings (SSSR count). The molecule has 2 aromatic rings. The number of nitrogens with one attached hydrogen (secondary N) is 1. The molecule has 5 heteroatoms. The molecule has 1 N–H and O–H groups in total. The van der Waals surface area contributed by atoms with Crippen LogP contribution in [0.4, 0.5) is 0 Å². The highest BCUT2D eigenvalue weighted by molar-refractivity contribution is 7.15. The van der Waals surface area contributed by atoms with Crippen molar-refractivity contribution in [1.29, 1.82) is 5.26 Å². The molecule has 0 spiro atoms. The van der Waals surface area contributed by atoms with E-state index in [1.54, 1.807) is 18.4 Å². The Hall–Kier alpha value is -2.16. The van der Waals surface area contributed by atoms with Gasteiger partial charge >= 0.3 is 5.97 Å². The number of likely N-dealkylation sites (N-methyl/N-ethyl adjacent to an activating group) is 1. The molecule has 0 saturated heterocycles. The molecule has 112 valence electrons. The normalized spacial score (nSPS) is 17.7. The zero-order chi connectivity index (χ0) is 15.7. The van der Waals surface area contributed by atoms with E-state index in [1.807, 2.05) is 25.1 Å². The van der Waals surface area contributed by atoms with E-state index in [9.17, 15) is 4.79 Å². The maximum absolute atomic E-state index is 11.7. The number of thiophene rings is 1. The number of nitrogens with zero attached hydrogens (tertiary/aromatic N) is 1. The molecular formula is C17H16N2O2S. The second-order valence-electron chi connectivity index (χ2n) is 5.29. The molecular weight excluding hydrogens is 296 g/mol. The van der Waals surface area contributed by atoms with Crippen molar-refractivity contribution in [2.24, 2.45) is 0 Å². The van der Waals surface area contributed by atoms with E-state index < -0.39 is 0 Å². The van der Waals surface area contributed by atoms with Crippen LogP contribution in [0.1, 0.15) is 33.8 Å². The van der Waals surface area contributed by atoms with E-state index in [1.165, 1.54) is 0 Å². The van der Waals surface area contributed by atoms with Gasteiger partial charge in [0.2, 0.25) is 0 Å². The molecule has 0 bridgehead atoms. The van der Waals surface area contributed by atoms with Crippen LogP contribution >= 0.6 is 11.3 Å². The number of benzene rings is 1. The van der Waals surface area contributed by atoms with Gasteiger partial charge in [-0.05, 0) is 43.8 Å². The van der Waals surface area contributed by atoms with Crippen LogP contribution in [-0.2, 0) is 11.2 Å². The SMILES string of the molecule is CN[C@H](C#N)Cc1ccc(-c2ccc3c(c2)[C@@H](C)OC3=O)s1. The lowest BCUT2D eigenvalue weighted by molar-refractivity contribution is 0.0422. The standard InChI is InChI=1S/C17H16N2O2S/c1-10-15-7-11(3-5-14(15)17(20)21-10)16-6-4-13(22-16)8-12(9-18)19-2/h3-7,10,12,19H,8H2,1-2H3/t10-,12+/m1/s1. The molecule has 0 aliphatic carbocycles. The number of hydrogen-bond donors (Lipinski definition) is 1. The summed E-state index contributed by atoms with van der Waals surface area (Å²) in [5, 5.41) is 12.0. The lowest BCUT2D eigenvalue weighted by Crippen LogP contribution is -2.24. The Kier molecular flexibility index (Phi) is 3.97. The summed E-state index contributed by atoms with van der Waals surface area (Å²) >= 11 is 1.68. The summed E-state index contributed by atoms with van der Waals surface area (Å²) in [4.78, 5) is 14.0. The first-order chi connectivity index (χ1) is 10.6. The Morgan fingerprint density at radius 1 is 1.41 bits per heavy atom. The van der Waals surface area contributed by atoms with Gasteiger partial charge in [-0.3, -0.25) is 0 Å². The van der Waals surface area contributed by atoms with Crippen molar-refractivity contribution >= 4 is 17.3 Å². The van der Waals surface area contributed by atoms with Crippen LogP contribution in [0.5, 0.6) is 0 Å². The van der Waals surface area contributed by atoms with E-state index >= 15 is 0 Å². The average Bonchev–Trinajstić information content (AvgIpc) is 3.10. The Labute approximate surface area is 133 Å². The van der Waals surface area contributed by atoms with Crippen LogP contribution in [0.25, 0.3) is 10.4 Å². The van der Waals surface area contributed by atoms with Crippen molar-refractivity contribution in [3.63, 3.8) is 0 Å². The van der Waals surface area contributed by atoms with Gasteiger partial charge in [-0.2, -0.15) is 5.26 Å². The third-order valence-corrected chi connectivity index (χ3v) is 5.01. The van der Waals surface area contributed by atoms with Crippen molar-refractivity contribution in [2.75, 3.05) is 7.05 Å². The predicted octanol–water partition coefficient (Wildman–Crippen LogP) is 3.30. The first-order valence-electron chi connectivity index (χ1n) is 7.13. The minimum Gasteiger partial charge on any atom is -0.454 e. The molecule has 0 radical (unpaired) electrons. The van der Waals surface area contributed by atoms with Crippen molar-refractivity contribution in [1.82, 2.24) is 5.32 Å². The number of carbonyl (C=O) groups is 1. The lowest BCUT2D eigenvalue weighted by Gasteiger charge is -2.05. The van der Waals surface area contributed by atoms with Crippen molar-refractivity contribution in [2.45, 2.75) is 25.5 Å². The molecule has 0 fully saturated rings. The van der Waals surface area contributed by atoms with Gasteiger partial charge in [0, 0.05) is 21.7 Å². The lowest BCUT2D eigenvalue weighted by atomic mass is 10.0. The summed E-state index contributed by atoms with van der Waals surface area (Å²) in [6.45, 7) is 1.89. The van der Waals surface area contributed by atoms with Gasteiger partial charge in [0.25, 0.3) is 0 Å². The van der Waals surface area contributed by atoms with Gasteiger partial charge in [0.15, 0.2) is 0 Å². The maximum Gasteiger partial charge on any atom is 0.339 e. The fraction of sp³-hybridized carbons (Fsp3) is 0.294. The molecule has 22 heavy (non-hydrogen) atoms. The van der Waals surface area contributed by atoms with E-state index in [0.29, 0.717) is 12.0 Å². The molecule has 1 aromatic heterocycles. The number of cyclic esters (lactones) is 1. The fourth-order valence-electron chi connectivity index (χ4n) is 2.58. The van der Waals surface area contributed by atoms with E-state index in [-0.39, 0.29) is 18.1 Å². The molecule has 1 aliphatic rings. The second kappa shape index (κ2) is 5.91. The van der Waals surface area contributed by atoms with Crippen LogP contribution in [-0.4, -0.2) is 19.1 Å². The third kappa shape index (κ3) is 2.63. The molecule has 4 nitrogen and oxygen atoms in total. The number of nitriles is 1. The van der Waals surface area contributed by atoms with Crippen LogP contribution in [0.15, 0.2) is 30.3 Å². The summed E-state index contributed by atoms with van der Waals surface area (Å²) in [5.41, 5.74) is 2.69. The monoisotopic (exact) mass is 312 g/mol. The molecule has 0 unspecified atom stereocenters. The number of ether oxygens (including phenoxy) is 1. The van der Waals surface area contributed by atoms with Gasteiger partial charge in [0.1, 0.15) is 6.10 Å². The summed E-state index contributed by atoms with van der Waals surface area (Å²) < 4.78 is 5.23. The quantitative estimate of drug-likeness (QED) is 0.880. The maximum atomic E-state index is 11.7. The molecule has 0 saturated carbocycles. The zero-order valence-electron chi connectivity index (χ0n) is 12.4. The van der Waals surface area contributed by atoms with Gasteiger partial charge in [-0.1, -0.05) is 6.07 Å². The van der Waals surface area contributed by atoms with Crippen LogP contribution in [0.3, 0.4) is 0 Å².